The molecule has 1 N–H and O–H groups in total. The number of furan rings is 1. The molecule has 38 heavy (non-hydrogen) atoms. The van der Waals surface area contributed by atoms with Crippen molar-refractivity contribution in [3.8, 4) is 11.5 Å². The molecule has 10 heteroatoms. The number of benzene rings is 2. The molecule has 0 radical (unpaired) electrons. The summed E-state index contributed by atoms with van der Waals surface area (Å²) in [6.07, 6.45) is 0.793. The van der Waals surface area contributed by atoms with Crippen molar-refractivity contribution >= 4 is 28.5 Å². The van der Waals surface area contributed by atoms with Gasteiger partial charge in [0.2, 0.25) is 5.91 Å². The first kappa shape index (κ1) is 26.7. The van der Waals surface area contributed by atoms with Crippen molar-refractivity contribution in [2.75, 3.05) is 25.7 Å². The van der Waals surface area contributed by atoms with E-state index in [9.17, 15) is 9.59 Å². The number of hydrogen-bond donors (Lipinski definition) is 1. The summed E-state index contributed by atoms with van der Waals surface area (Å²) >= 11 is 0. The Kier molecular flexibility index (Phi) is 8.30. The number of carbonyl (C=O) groups is 2. The van der Waals surface area contributed by atoms with Gasteiger partial charge in [-0.25, -0.2) is 4.68 Å². The molecule has 2 amide bonds. The van der Waals surface area contributed by atoms with Gasteiger partial charge in [0.1, 0.15) is 35.1 Å². The van der Waals surface area contributed by atoms with Gasteiger partial charge >= 0.3 is 0 Å². The minimum Gasteiger partial charge on any atom is -0.497 e. The molecule has 0 aliphatic heterocycles. The van der Waals surface area contributed by atoms with Gasteiger partial charge in [0.25, 0.3) is 5.91 Å². The van der Waals surface area contributed by atoms with Gasteiger partial charge in [-0.15, -0.1) is 5.10 Å². The molecule has 0 aliphatic carbocycles. The van der Waals surface area contributed by atoms with Crippen LogP contribution in [0.5, 0.6) is 11.5 Å². The molecule has 10 nitrogen and oxygen atoms in total. The number of fused-ring (bicyclic) bond motifs is 1. The molecule has 2 aromatic carbocycles. The van der Waals surface area contributed by atoms with E-state index in [0.717, 1.165) is 6.42 Å². The lowest BCUT2D eigenvalue weighted by Crippen LogP contribution is -2.45. The van der Waals surface area contributed by atoms with Crippen molar-refractivity contribution in [2.24, 2.45) is 5.92 Å². The van der Waals surface area contributed by atoms with E-state index in [1.165, 1.54) is 23.8 Å². The summed E-state index contributed by atoms with van der Waals surface area (Å²) in [6, 6.07) is 14.8. The summed E-state index contributed by atoms with van der Waals surface area (Å²) in [7, 11) is 3.05. The summed E-state index contributed by atoms with van der Waals surface area (Å²) in [5, 5.41) is 11.3. The Morgan fingerprint density at radius 3 is 2.39 bits per heavy atom. The van der Waals surface area contributed by atoms with Crippen LogP contribution in [0.2, 0.25) is 0 Å². The number of amides is 2. The van der Waals surface area contributed by atoms with Gasteiger partial charge in [0.05, 0.1) is 25.4 Å². The summed E-state index contributed by atoms with van der Waals surface area (Å²) in [4.78, 5) is 29.2. The van der Waals surface area contributed by atoms with E-state index in [2.05, 4.69) is 29.5 Å². The van der Waals surface area contributed by atoms with Gasteiger partial charge < -0.3 is 19.2 Å². The molecule has 200 valence electrons. The minimum atomic E-state index is -1.09. The largest absolute Gasteiger partial charge is 0.497 e. The number of ether oxygens (including phenoxy) is 2. The highest BCUT2D eigenvalue weighted by atomic mass is 16.5. The van der Waals surface area contributed by atoms with Gasteiger partial charge in [-0.1, -0.05) is 31.2 Å². The van der Waals surface area contributed by atoms with Crippen LogP contribution in [-0.2, 0) is 16.1 Å². The molecule has 4 rings (SSSR count). The van der Waals surface area contributed by atoms with E-state index in [4.69, 9.17) is 13.9 Å². The number of nitrogens with zero attached hydrogens (tertiary/aromatic N) is 4. The maximum Gasteiger partial charge on any atom is 0.251 e. The second kappa shape index (κ2) is 11.8. The fraction of sp³-hybridized carbons (Fsp3) is 0.357. The maximum atomic E-state index is 14.1. The number of carbonyl (C=O) groups excluding carboxylic acids is 2. The van der Waals surface area contributed by atoms with E-state index in [1.54, 1.807) is 37.3 Å². The lowest BCUT2D eigenvalue weighted by Gasteiger charge is -2.30. The first-order valence-electron chi connectivity index (χ1n) is 12.5. The zero-order chi connectivity index (χ0) is 27.2. The number of methoxy groups -OCH3 is 2. The topological polar surface area (TPSA) is 112 Å². The minimum absolute atomic E-state index is 0.157. The maximum absolute atomic E-state index is 14.1. The number of anilines is 1. The molecular weight excluding hydrogens is 486 g/mol. The Hall–Kier alpha value is -4.34. The predicted octanol–water partition coefficient (Wildman–Crippen LogP) is 4.29. The quantitative estimate of drug-likeness (QED) is 0.315. The van der Waals surface area contributed by atoms with E-state index in [1.807, 2.05) is 24.3 Å². The number of rotatable bonds is 11. The zero-order valence-electron chi connectivity index (χ0n) is 22.3. The van der Waals surface area contributed by atoms with E-state index < -0.39 is 11.9 Å². The zero-order valence-corrected chi connectivity index (χ0v) is 22.3. The third-order valence-corrected chi connectivity index (χ3v) is 6.15. The molecule has 2 aromatic heterocycles. The third kappa shape index (κ3) is 5.96. The molecule has 0 spiro atoms. The van der Waals surface area contributed by atoms with Crippen molar-refractivity contribution < 1.29 is 23.5 Å². The van der Waals surface area contributed by atoms with Crippen molar-refractivity contribution in [2.45, 2.75) is 39.8 Å². The Morgan fingerprint density at radius 1 is 1.05 bits per heavy atom. The fourth-order valence-corrected chi connectivity index (χ4v) is 4.16. The van der Waals surface area contributed by atoms with Gasteiger partial charge in [0.15, 0.2) is 6.04 Å². The van der Waals surface area contributed by atoms with Crippen LogP contribution in [0.1, 0.15) is 37.8 Å². The lowest BCUT2D eigenvalue weighted by molar-refractivity contribution is -0.127. The monoisotopic (exact) mass is 519 g/mol. The van der Waals surface area contributed by atoms with Crippen LogP contribution < -0.4 is 19.7 Å². The number of aryl methyl sites for hydroxylation is 1. The van der Waals surface area contributed by atoms with Crippen LogP contribution in [0.15, 0.2) is 59.0 Å². The molecule has 0 saturated carbocycles. The van der Waals surface area contributed by atoms with Crippen molar-refractivity contribution in [3.05, 3.63) is 66.1 Å². The van der Waals surface area contributed by atoms with E-state index in [-0.39, 0.29) is 12.5 Å². The first-order valence-corrected chi connectivity index (χ1v) is 12.5. The Bertz CT molecular complexity index is 1390. The number of aromatic nitrogens is 3. The van der Waals surface area contributed by atoms with Crippen LogP contribution in [0.4, 0.5) is 5.69 Å². The van der Waals surface area contributed by atoms with Crippen LogP contribution in [0.3, 0.4) is 0 Å². The molecule has 1 atom stereocenters. The molecule has 0 aliphatic rings. The van der Waals surface area contributed by atoms with E-state index >= 15 is 0 Å². The SMILES string of the molecule is COc1cc(OC)cc(N(C(=O)Cn2nnc3ccccc32)[C@@H](C(=O)NCCC(C)C)c2ccc(C)o2)c1. The number of nitrogens with one attached hydrogen (secondary N) is 1. The van der Waals surface area contributed by atoms with Crippen molar-refractivity contribution in [1.29, 1.82) is 0 Å². The summed E-state index contributed by atoms with van der Waals surface area (Å²) in [6.45, 7) is 6.26. The fourth-order valence-electron chi connectivity index (χ4n) is 4.16. The molecule has 0 bridgehead atoms. The van der Waals surface area contributed by atoms with Gasteiger partial charge in [0, 0.05) is 24.7 Å². The average molecular weight is 520 g/mol. The Morgan fingerprint density at radius 2 is 1.76 bits per heavy atom. The highest BCUT2D eigenvalue weighted by Gasteiger charge is 2.36. The van der Waals surface area contributed by atoms with E-state index in [0.29, 0.717) is 52.2 Å². The van der Waals surface area contributed by atoms with Crippen LogP contribution in [0.25, 0.3) is 11.0 Å². The normalized spacial score (nSPS) is 11.9. The second-order valence-corrected chi connectivity index (χ2v) is 9.39. The molecule has 0 saturated heterocycles. The average Bonchev–Trinajstić information content (AvgIpc) is 3.52. The third-order valence-electron chi connectivity index (χ3n) is 6.15. The summed E-state index contributed by atoms with van der Waals surface area (Å²) in [5.41, 5.74) is 1.78. The molecule has 0 fully saturated rings. The number of para-hydroxylation sites is 1. The highest BCUT2D eigenvalue weighted by Crippen LogP contribution is 2.35. The molecule has 4 aromatic rings. The molecule has 0 unspecified atom stereocenters. The van der Waals surface area contributed by atoms with Crippen molar-refractivity contribution in [1.82, 2.24) is 20.3 Å². The van der Waals surface area contributed by atoms with Crippen LogP contribution in [-0.4, -0.2) is 47.6 Å². The van der Waals surface area contributed by atoms with Gasteiger partial charge in [-0.05, 0) is 43.5 Å². The van der Waals surface area contributed by atoms with Crippen LogP contribution >= 0.6 is 0 Å². The highest BCUT2D eigenvalue weighted by molar-refractivity contribution is 6.01. The Labute approximate surface area is 221 Å². The van der Waals surface area contributed by atoms with Crippen molar-refractivity contribution in [3.63, 3.8) is 0 Å². The van der Waals surface area contributed by atoms with Gasteiger partial charge in [-0.2, -0.15) is 0 Å². The number of hydrogen-bond acceptors (Lipinski definition) is 7. The predicted molar refractivity (Wildman–Crippen MR) is 143 cm³/mol. The standard InChI is InChI=1S/C28H33N5O5/c1-18(2)12-13-29-28(35)27(25-11-10-19(3)38-25)33(20-14-21(36-4)16-22(15-20)37-5)26(34)17-32-24-9-7-6-8-23(24)30-31-32/h6-11,14-16,18,27H,12-13,17H2,1-5H3,(H,29,35)/t27-/m1/s1. The lowest BCUT2D eigenvalue weighted by atomic mass is 10.1. The molecular formula is C28H33N5O5. The summed E-state index contributed by atoms with van der Waals surface area (Å²) in [5.74, 6) is 1.55. The first-order chi connectivity index (χ1) is 18.3. The smallest absolute Gasteiger partial charge is 0.251 e. The van der Waals surface area contributed by atoms with Crippen LogP contribution in [0, 0.1) is 12.8 Å². The Balaban J connectivity index is 1.81. The summed E-state index contributed by atoms with van der Waals surface area (Å²) < 4.78 is 18.4. The second-order valence-electron chi connectivity index (χ2n) is 9.39. The molecule has 2 heterocycles. The van der Waals surface area contributed by atoms with Gasteiger partial charge in [-0.3, -0.25) is 14.5 Å².